The van der Waals surface area contributed by atoms with Crippen LogP contribution in [-0.2, 0) is 0 Å². The van der Waals surface area contributed by atoms with Crippen LogP contribution in [0.15, 0.2) is 36.5 Å². The maximum atomic E-state index is 4.40. The smallest absolute Gasteiger partial charge is 0.0702 e. The predicted octanol–water partition coefficient (Wildman–Crippen LogP) is 4.03. The second kappa shape index (κ2) is 5.30. The second-order valence-electron chi connectivity index (χ2n) is 6.00. The quantitative estimate of drug-likeness (QED) is 0.822. The van der Waals surface area contributed by atoms with Crippen molar-refractivity contribution in [2.24, 2.45) is 5.92 Å². The first-order chi connectivity index (χ1) is 9.24. The van der Waals surface area contributed by atoms with E-state index in [4.69, 9.17) is 0 Å². The molecule has 0 unspecified atom stereocenters. The number of rotatable bonds is 3. The molecule has 0 N–H and O–H groups in total. The van der Waals surface area contributed by atoms with Crippen LogP contribution < -0.4 is 0 Å². The van der Waals surface area contributed by atoms with Crippen LogP contribution in [0.4, 0.5) is 0 Å². The highest BCUT2D eigenvalue weighted by Crippen LogP contribution is 2.33. The summed E-state index contributed by atoms with van der Waals surface area (Å²) < 4.78 is 0. The van der Waals surface area contributed by atoms with Gasteiger partial charge in [0, 0.05) is 24.2 Å². The van der Waals surface area contributed by atoms with E-state index in [0.717, 1.165) is 11.4 Å². The molecule has 0 saturated carbocycles. The van der Waals surface area contributed by atoms with E-state index in [0.29, 0.717) is 6.04 Å². The predicted molar refractivity (Wildman–Crippen MR) is 80.1 cm³/mol. The van der Waals surface area contributed by atoms with Gasteiger partial charge in [-0.2, -0.15) is 0 Å². The maximum Gasteiger partial charge on any atom is 0.0702 e. The van der Waals surface area contributed by atoms with Crippen LogP contribution in [0, 0.1) is 5.92 Å². The topological polar surface area (TPSA) is 16.1 Å². The molecule has 1 aliphatic rings. The lowest BCUT2D eigenvalue weighted by molar-refractivity contribution is 0.229. The van der Waals surface area contributed by atoms with Gasteiger partial charge in [-0.25, -0.2) is 0 Å². The molecule has 100 valence electrons. The van der Waals surface area contributed by atoms with Gasteiger partial charge in [0.05, 0.1) is 5.52 Å². The first kappa shape index (κ1) is 12.6. The molecule has 0 amide bonds. The van der Waals surface area contributed by atoms with Gasteiger partial charge in [0.2, 0.25) is 0 Å². The van der Waals surface area contributed by atoms with Crippen molar-refractivity contribution in [3.8, 4) is 0 Å². The average molecular weight is 254 g/mol. The molecular weight excluding hydrogens is 232 g/mol. The molecule has 2 nitrogen and oxygen atoms in total. The molecule has 1 aliphatic heterocycles. The van der Waals surface area contributed by atoms with E-state index in [-0.39, 0.29) is 0 Å². The Hall–Kier alpha value is -1.41. The Bertz CT molecular complexity index is 562. The molecule has 1 atom stereocenters. The minimum absolute atomic E-state index is 0.604. The molecule has 2 heteroatoms. The fourth-order valence-corrected chi connectivity index (χ4v) is 3.19. The summed E-state index contributed by atoms with van der Waals surface area (Å²) in [5.41, 5.74) is 2.55. The third kappa shape index (κ3) is 2.64. The summed E-state index contributed by atoms with van der Waals surface area (Å²) in [6, 6.07) is 11.5. The zero-order valence-corrected chi connectivity index (χ0v) is 11.8. The third-order valence-electron chi connectivity index (χ3n) is 3.98. The van der Waals surface area contributed by atoms with Crippen molar-refractivity contribution in [3.63, 3.8) is 0 Å². The molecule has 1 saturated heterocycles. The summed E-state index contributed by atoms with van der Waals surface area (Å²) in [5, 5.41) is 1.26. The van der Waals surface area contributed by atoms with Crippen molar-refractivity contribution in [2.45, 2.75) is 32.7 Å². The van der Waals surface area contributed by atoms with Gasteiger partial charge in [-0.05, 0) is 49.1 Å². The zero-order chi connectivity index (χ0) is 13.2. The molecule has 2 heterocycles. The molecular formula is C17H22N2. The molecule has 0 spiro atoms. The number of nitrogens with zero attached hydrogens (tertiary/aromatic N) is 2. The van der Waals surface area contributed by atoms with Crippen LogP contribution in [-0.4, -0.2) is 23.0 Å². The molecule has 1 aromatic carbocycles. The summed E-state index contributed by atoms with van der Waals surface area (Å²) in [6.45, 7) is 7.06. The number of hydrogen-bond acceptors (Lipinski definition) is 2. The van der Waals surface area contributed by atoms with Crippen molar-refractivity contribution in [2.75, 3.05) is 13.1 Å². The zero-order valence-electron chi connectivity index (χ0n) is 11.8. The van der Waals surface area contributed by atoms with Crippen LogP contribution in [0.1, 0.15) is 38.3 Å². The normalized spacial score (nSPS) is 20.5. The Labute approximate surface area is 115 Å². The summed E-state index contributed by atoms with van der Waals surface area (Å²) >= 11 is 0. The molecule has 0 radical (unpaired) electrons. The van der Waals surface area contributed by atoms with Gasteiger partial charge in [0.25, 0.3) is 0 Å². The first-order valence-electron chi connectivity index (χ1n) is 7.33. The number of fused-ring (bicyclic) bond motifs is 1. The van der Waals surface area contributed by atoms with E-state index >= 15 is 0 Å². The summed E-state index contributed by atoms with van der Waals surface area (Å²) in [7, 11) is 0. The lowest BCUT2D eigenvalue weighted by Gasteiger charge is -2.26. The standard InChI is InChI=1S/C17H22N2/c1-13(2)12-19-10-4-6-17(19)15-7-8-16-14(11-15)5-3-9-18-16/h3,5,7-9,11,13,17H,4,6,10,12H2,1-2H3/t17-/m1/s1. The molecule has 0 aliphatic carbocycles. The van der Waals surface area contributed by atoms with E-state index in [9.17, 15) is 0 Å². The van der Waals surface area contributed by atoms with Crippen LogP contribution in [0.5, 0.6) is 0 Å². The monoisotopic (exact) mass is 254 g/mol. The van der Waals surface area contributed by atoms with Crippen molar-refractivity contribution in [1.29, 1.82) is 0 Å². The first-order valence-corrected chi connectivity index (χ1v) is 7.33. The van der Waals surface area contributed by atoms with E-state index in [2.05, 4.69) is 48.0 Å². The highest BCUT2D eigenvalue weighted by Gasteiger charge is 2.26. The number of benzene rings is 1. The Balaban J connectivity index is 1.90. The van der Waals surface area contributed by atoms with Crippen LogP contribution in [0.3, 0.4) is 0 Å². The molecule has 0 bridgehead atoms. The van der Waals surface area contributed by atoms with Gasteiger partial charge in [-0.3, -0.25) is 9.88 Å². The lowest BCUT2D eigenvalue weighted by atomic mass is 10.0. The molecule has 2 aromatic rings. The summed E-state index contributed by atoms with van der Waals surface area (Å²) in [4.78, 5) is 7.04. The van der Waals surface area contributed by atoms with Crippen molar-refractivity contribution in [1.82, 2.24) is 9.88 Å². The van der Waals surface area contributed by atoms with Gasteiger partial charge >= 0.3 is 0 Å². The van der Waals surface area contributed by atoms with E-state index in [1.165, 1.54) is 36.9 Å². The number of hydrogen-bond donors (Lipinski definition) is 0. The van der Waals surface area contributed by atoms with Crippen LogP contribution >= 0.6 is 0 Å². The Morgan fingerprint density at radius 2 is 2.21 bits per heavy atom. The van der Waals surface area contributed by atoms with Gasteiger partial charge in [-0.15, -0.1) is 0 Å². The number of pyridine rings is 1. The van der Waals surface area contributed by atoms with E-state index in [1.54, 1.807) is 0 Å². The number of likely N-dealkylation sites (tertiary alicyclic amines) is 1. The van der Waals surface area contributed by atoms with Crippen molar-refractivity contribution in [3.05, 3.63) is 42.1 Å². The van der Waals surface area contributed by atoms with Gasteiger partial charge in [0.15, 0.2) is 0 Å². The van der Waals surface area contributed by atoms with Gasteiger partial charge < -0.3 is 0 Å². The maximum absolute atomic E-state index is 4.40. The van der Waals surface area contributed by atoms with Crippen LogP contribution in [0.25, 0.3) is 10.9 Å². The van der Waals surface area contributed by atoms with Gasteiger partial charge in [-0.1, -0.05) is 26.0 Å². The fourth-order valence-electron chi connectivity index (χ4n) is 3.19. The second-order valence-corrected chi connectivity index (χ2v) is 6.00. The molecule has 3 rings (SSSR count). The van der Waals surface area contributed by atoms with Crippen molar-refractivity contribution >= 4 is 10.9 Å². The molecule has 19 heavy (non-hydrogen) atoms. The van der Waals surface area contributed by atoms with Gasteiger partial charge in [0.1, 0.15) is 0 Å². The Morgan fingerprint density at radius 3 is 3.05 bits per heavy atom. The Morgan fingerprint density at radius 1 is 1.32 bits per heavy atom. The van der Waals surface area contributed by atoms with Crippen LogP contribution in [0.2, 0.25) is 0 Å². The summed E-state index contributed by atoms with van der Waals surface area (Å²) in [5.74, 6) is 0.739. The SMILES string of the molecule is CC(C)CN1CCC[C@@H]1c1ccc2ncccc2c1. The average Bonchev–Trinajstić information content (AvgIpc) is 2.85. The van der Waals surface area contributed by atoms with E-state index in [1.807, 2.05) is 12.3 Å². The third-order valence-corrected chi connectivity index (χ3v) is 3.98. The lowest BCUT2D eigenvalue weighted by Crippen LogP contribution is -2.27. The fraction of sp³-hybridized carbons (Fsp3) is 0.471. The minimum atomic E-state index is 0.604. The largest absolute Gasteiger partial charge is 0.296 e. The number of aromatic nitrogens is 1. The highest BCUT2D eigenvalue weighted by atomic mass is 15.2. The minimum Gasteiger partial charge on any atom is -0.296 e. The van der Waals surface area contributed by atoms with E-state index < -0.39 is 0 Å². The molecule has 1 aromatic heterocycles. The van der Waals surface area contributed by atoms with Crippen molar-refractivity contribution < 1.29 is 0 Å². The molecule has 1 fully saturated rings. The highest BCUT2D eigenvalue weighted by molar-refractivity contribution is 5.79. The summed E-state index contributed by atoms with van der Waals surface area (Å²) in [6.07, 6.45) is 4.48. The Kier molecular flexibility index (Phi) is 3.52.